The van der Waals surface area contributed by atoms with Gasteiger partial charge < -0.3 is 9.84 Å². The molecule has 0 aliphatic carbocycles. The number of carbonyl (C=O) groups is 1. The molecule has 0 spiro atoms. The Balaban J connectivity index is 2.30. The molecule has 23 heavy (non-hydrogen) atoms. The van der Waals surface area contributed by atoms with Crippen LogP contribution in [-0.2, 0) is 0 Å². The van der Waals surface area contributed by atoms with E-state index >= 15 is 0 Å². The number of carbonyl (C=O) groups excluding carboxylic acids is 1. The van der Waals surface area contributed by atoms with Crippen LogP contribution < -0.4 is 9.84 Å². The number of ketones is 1. The van der Waals surface area contributed by atoms with Gasteiger partial charge in [0.1, 0.15) is 5.75 Å². The Kier molecular flexibility index (Phi) is 4.75. The van der Waals surface area contributed by atoms with Gasteiger partial charge in [0.05, 0.1) is 17.6 Å². The van der Waals surface area contributed by atoms with E-state index in [4.69, 9.17) is 4.74 Å². The summed E-state index contributed by atoms with van der Waals surface area (Å²) >= 11 is 0. The first kappa shape index (κ1) is 16.2. The van der Waals surface area contributed by atoms with Crippen LogP contribution in [0.1, 0.15) is 21.5 Å². The third-order valence-corrected chi connectivity index (χ3v) is 3.23. The van der Waals surface area contributed by atoms with Crippen LogP contribution in [0, 0.1) is 17.0 Å². The molecule has 0 saturated carbocycles. The predicted molar refractivity (Wildman–Crippen MR) is 83.6 cm³/mol. The maximum atomic E-state index is 12.3. The number of aryl methyl sites for hydroxylation is 1. The summed E-state index contributed by atoms with van der Waals surface area (Å²) in [6, 6.07) is 8.90. The summed E-state index contributed by atoms with van der Waals surface area (Å²) in [7, 11) is 1.47. The van der Waals surface area contributed by atoms with Gasteiger partial charge in [0.25, 0.3) is 5.69 Å². The normalized spacial score (nSPS) is 10.7. The highest BCUT2D eigenvalue weighted by molar-refractivity contribution is 6.08. The molecule has 2 rings (SSSR count). The third kappa shape index (κ3) is 3.74. The minimum Gasteiger partial charge on any atom is -0.868 e. The van der Waals surface area contributed by atoms with E-state index in [1.54, 1.807) is 12.1 Å². The van der Waals surface area contributed by atoms with Gasteiger partial charge in [-0.3, -0.25) is 14.9 Å². The number of nitro groups is 1. The van der Waals surface area contributed by atoms with Crippen LogP contribution >= 0.6 is 0 Å². The van der Waals surface area contributed by atoms with Crippen molar-refractivity contribution < 1.29 is 19.6 Å². The molecule has 2 aromatic rings. The summed E-state index contributed by atoms with van der Waals surface area (Å²) in [6.45, 7) is 1.86. The number of nitro benzene ring substituents is 1. The van der Waals surface area contributed by atoms with Gasteiger partial charge in [0, 0.05) is 6.07 Å². The quantitative estimate of drug-likeness (QED) is 0.366. The van der Waals surface area contributed by atoms with Gasteiger partial charge >= 0.3 is 0 Å². The average molecular weight is 312 g/mol. The first-order chi connectivity index (χ1) is 10.9. The Morgan fingerprint density at radius 2 is 1.96 bits per heavy atom. The van der Waals surface area contributed by atoms with Crippen LogP contribution in [-0.4, -0.2) is 17.8 Å². The second-order valence-corrected chi connectivity index (χ2v) is 4.89. The molecule has 0 saturated heterocycles. The van der Waals surface area contributed by atoms with Gasteiger partial charge in [-0.15, -0.1) is 0 Å². The number of rotatable bonds is 5. The van der Waals surface area contributed by atoms with Gasteiger partial charge in [-0.25, -0.2) is 0 Å². The Morgan fingerprint density at radius 3 is 2.61 bits per heavy atom. The molecular formula is C17H14NO5-. The topological polar surface area (TPSA) is 92.5 Å². The molecule has 6 nitrogen and oxygen atoms in total. The molecule has 0 atom stereocenters. The predicted octanol–water partition coefficient (Wildman–Crippen LogP) is 2.88. The second-order valence-electron chi connectivity index (χ2n) is 4.89. The highest BCUT2D eigenvalue weighted by Crippen LogP contribution is 2.25. The molecule has 6 heteroatoms. The van der Waals surface area contributed by atoms with Gasteiger partial charge in [-0.1, -0.05) is 29.8 Å². The van der Waals surface area contributed by atoms with E-state index in [9.17, 15) is 20.0 Å². The summed E-state index contributed by atoms with van der Waals surface area (Å²) in [5, 5.41) is 22.1. The molecular weight excluding hydrogens is 298 g/mol. The molecule has 0 aromatic heterocycles. The van der Waals surface area contributed by atoms with E-state index in [0.29, 0.717) is 16.9 Å². The van der Waals surface area contributed by atoms with E-state index in [2.05, 4.69) is 0 Å². The molecule has 0 unspecified atom stereocenters. The fraction of sp³-hybridized carbons (Fsp3) is 0.118. The fourth-order valence-electron chi connectivity index (χ4n) is 2.06. The van der Waals surface area contributed by atoms with Crippen molar-refractivity contribution in [1.29, 1.82) is 0 Å². The van der Waals surface area contributed by atoms with Crippen molar-refractivity contribution in [3.63, 3.8) is 0 Å². The molecule has 0 fully saturated rings. The largest absolute Gasteiger partial charge is 0.868 e. The van der Waals surface area contributed by atoms with Gasteiger partial charge in [0.2, 0.25) is 0 Å². The first-order valence-electron chi connectivity index (χ1n) is 6.75. The van der Waals surface area contributed by atoms with Crippen LogP contribution in [0.25, 0.3) is 6.08 Å². The van der Waals surface area contributed by atoms with Crippen LogP contribution in [0.5, 0.6) is 11.5 Å². The lowest BCUT2D eigenvalue weighted by molar-refractivity contribution is -0.398. The summed E-state index contributed by atoms with van der Waals surface area (Å²) in [4.78, 5) is 22.3. The average Bonchev–Trinajstić information content (AvgIpc) is 2.53. The lowest BCUT2D eigenvalue weighted by atomic mass is 10.0. The smallest absolute Gasteiger partial charge is 0.262 e. The summed E-state index contributed by atoms with van der Waals surface area (Å²) < 4.78 is 5.15. The number of allylic oxidation sites excluding steroid dienone is 1. The Labute approximate surface area is 132 Å². The Morgan fingerprint density at radius 1 is 1.22 bits per heavy atom. The zero-order valence-corrected chi connectivity index (χ0v) is 12.6. The Bertz CT molecular complexity index is 796. The van der Waals surface area contributed by atoms with Crippen molar-refractivity contribution in [3.05, 3.63) is 69.3 Å². The van der Waals surface area contributed by atoms with E-state index in [0.717, 1.165) is 17.7 Å². The molecule has 0 heterocycles. The van der Waals surface area contributed by atoms with Crippen molar-refractivity contribution in [3.8, 4) is 11.5 Å². The van der Waals surface area contributed by atoms with Crippen molar-refractivity contribution in [2.75, 3.05) is 7.11 Å². The molecule has 0 amide bonds. The van der Waals surface area contributed by atoms with Crippen LogP contribution in [0.2, 0.25) is 0 Å². The van der Waals surface area contributed by atoms with Crippen LogP contribution in [0.3, 0.4) is 0 Å². The zero-order valence-electron chi connectivity index (χ0n) is 12.6. The maximum absolute atomic E-state index is 12.3. The van der Waals surface area contributed by atoms with E-state index < -0.39 is 16.4 Å². The number of ether oxygens (including phenoxy) is 1. The van der Waals surface area contributed by atoms with E-state index in [-0.39, 0.29) is 5.78 Å². The molecule has 0 aliphatic rings. The first-order valence-corrected chi connectivity index (χ1v) is 6.75. The summed E-state index contributed by atoms with van der Waals surface area (Å²) in [5.41, 5.74) is 1.19. The molecule has 2 aromatic carbocycles. The van der Waals surface area contributed by atoms with Gasteiger partial charge in [0.15, 0.2) is 5.78 Å². The summed E-state index contributed by atoms with van der Waals surface area (Å²) in [5.74, 6) is -0.510. The summed E-state index contributed by atoms with van der Waals surface area (Å²) in [6.07, 6.45) is 2.72. The lowest BCUT2D eigenvalue weighted by Crippen LogP contribution is -2.00. The Hall–Kier alpha value is -3.15. The number of methoxy groups -OCH3 is 1. The highest BCUT2D eigenvalue weighted by atomic mass is 16.6. The molecule has 0 radical (unpaired) electrons. The van der Waals surface area contributed by atoms with Gasteiger partial charge in [-0.05, 0) is 36.4 Å². The number of nitrogens with zero attached hydrogens (tertiary/aromatic N) is 1. The number of benzene rings is 2. The number of hydrogen-bond acceptors (Lipinski definition) is 5. The molecule has 118 valence electrons. The highest BCUT2D eigenvalue weighted by Gasteiger charge is 2.10. The van der Waals surface area contributed by atoms with E-state index in [1.807, 2.05) is 13.0 Å². The SMILES string of the molecule is COc1ccc(C)cc1C(=O)/C=C/c1ccc([O-])c([N+](=O)[O-])c1. The maximum Gasteiger partial charge on any atom is 0.262 e. The van der Waals surface area contributed by atoms with Crippen molar-refractivity contribution in [1.82, 2.24) is 0 Å². The second kappa shape index (κ2) is 6.74. The standard InChI is InChI=1S/C17H15NO5/c1-11-3-8-17(23-2)13(9-11)15(19)6-4-12-5-7-16(20)14(10-12)18(21)22/h3-10,20H,1-2H3/p-1/b6-4+. The lowest BCUT2D eigenvalue weighted by Gasteiger charge is -2.07. The van der Waals surface area contributed by atoms with Crippen LogP contribution in [0.15, 0.2) is 42.5 Å². The number of hydrogen-bond donors (Lipinski definition) is 0. The van der Waals surface area contributed by atoms with Crippen molar-refractivity contribution >= 4 is 17.5 Å². The van der Waals surface area contributed by atoms with E-state index in [1.165, 1.54) is 25.3 Å². The van der Waals surface area contributed by atoms with Gasteiger partial charge in [-0.2, -0.15) is 0 Å². The third-order valence-electron chi connectivity index (χ3n) is 3.23. The van der Waals surface area contributed by atoms with Crippen molar-refractivity contribution in [2.24, 2.45) is 0 Å². The minimum absolute atomic E-state index is 0.292. The molecule has 0 N–H and O–H groups in total. The van der Waals surface area contributed by atoms with Crippen LogP contribution in [0.4, 0.5) is 5.69 Å². The molecule has 0 aliphatic heterocycles. The fourth-order valence-corrected chi connectivity index (χ4v) is 2.06. The molecule has 0 bridgehead atoms. The monoisotopic (exact) mass is 312 g/mol. The zero-order chi connectivity index (χ0) is 17.0. The van der Waals surface area contributed by atoms with Crippen molar-refractivity contribution in [2.45, 2.75) is 6.92 Å². The minimum atomic E-state index is -0.745.